The summed E-state index contributed by atoms with van der Waals surface area (Å²) in [6.45, 7) is 7.00. The van der Waals surface area contributed by atoms with E-state index in [0.29, 0.717) is 31.1 Å². The first-order valence-corrected chi connectivity index (χ1v) is 9.24. The summed E-state index contributed by atoms with van der Waals surface area (Å²) >= 11 is 6.15. The summed E-state index contributed by atoms with van der Waals surface area (Å²) in [4.78, 5) is 14.8. The summed E-state index contributed by atoms with van der Waals surface area (Å²) in [5.74, 6) is -0.0237. The second-order valence-corrected chi connectivity index (χ2v) is 7.02. The van der Waals surface area contributed by atoms with Gasteiger partial charge in [0.25, 0.3) is 0 Å². The molecule has 26 heavy (non-hydrogen) atoms. The Labute approximate surface area is 159 Å². The Morgan fingerprint density at radius 3 is 2.69 bits per heavy atom. The van der Waals surface area contributed by atoms with E-state index in [1.807, 2.05) is 43.8 Å². The fourth-order valence-corrected chi connectivity index (χ4v) is 3.49. The van der Waals surface area contributed by atoms with Gasteiger partial charge in [0.05, 0.1) is 30.3 Å². The van der Waals surface area contributed by atoms with Crippen LogP contribution in [-0.4, -0.2) is 42.0 Å². The van der Waals surface area contributed by atoms with Gasteiger partial charge in [-0.05, 0) is 44.0 Å². The number of benzene rings is 1. The fourth-order valence-electron chi connectivity index (χ4n) is 3.32. The zero-order valence-electron chi connectivity index (χ0n) is 15.5. The lowest BCUT2D eigenvalue weighted by Gasteiger charge is -2.30. The molecule has 3 rings (SSSR count). The number of carbonyl (C=O) groups is 1. The van der Waals surface area contributed by atoms with Crippen molar-refractivity contribution in [1.29, 1.82) is 0 Å². The van der Waals surface area contributed by atoms with E-state index in [1.165, 1.54) is 0 Å². The average Bonchev–Trinajstić information content (AvgIpc) is 2.86. The van der Waals surface area contributed by atoms with Gasteiger partial charge < -0.3 is 15.0 Å². The quantitative estimate of drug-likeness (QED) is 0.871. The summed E-state index contributed by atoms with van der Waals surface area (Å²) in [5, 5.41) is 8.05. The maximum atomic E-state index is 12.5. The Kier molecular flexibility index (Phi) is 5.84. The summed E-state index contributed by atoms with van der Waals surface area (Å²) in [7, 11) is 1.92. The Morgan fingerprint density at radius 2 is 2.04 bits per heavy atom. The van der Waals surface area contributed by atoms with Crippen LogP contribution in [-0.2, 0) is 23.0 Å². The Bertz CT molecular complexity index is 797. The highest BCUT2D eigenvalue weighted by molar-refractivity contribution is 6.31. The Hall–Kier alpha value is -2.05. The third-order valence-electron chi connectivity index (χ3n) is 4.85. The minimum Gasteiger partial charge on any atom is -0.378 e. The van der Waals surface area contributed by atoms with E-state index in [9.17, 15) is 4.79 Å². The number of halogens is 1. The largest absolute Gasteiger partial charge is 0.378 e. The number of nitrogens with one attached hydrogen (secondary N) is 1. The van der Waals surface area contributed by atoms with Gasteiger partial charge in [-0.1, -0.05) is 11.6 Å². The number of carbonyl (C=O) groups excluding carboxylic acids is 1. The third kappa shape index (κ3) is 4.19. The molecule has 0 aliphatic carbocycles. The van der Waals surface area contributed by atoms with Crippen molar-refractivity contribution in [2.75, 3.05) is 36.5 Å². The molecule has 0 saturated carbocycles. The number of rotatable bonds is 5. The number of hydrogen-bond acceptors (Lipinski definition) is 4. The van der Waals surface area contributed by atoms with E-state index in [4.69, 9.17) is 16.3 Å². The highest BCUT2D eigenvalue weighted by Gasteiger charge is 2.17. The molecule has 1 amide bonds. The Balaban J connectivity index is 1.69. The number of aryl methyl sites for hydroxylation is 2. The summed E-state index contributed by atoms with van der Waals surface area (Å²) in [5.41, 5.74) is 4.97. The van der Waals surface area contributed by atoms with Crippen molar-refractivity contribution in [3.8, 4) is 0 Å². The molecule has 1 aromatic heterocycles. The van der Waals surface area contributed by atoms with Gasteiger partial charge in [0.15, 0.2) is 0 Å². The van der Waals surface area contributed by atoms with Crippen molar-refractivity contribution in [3.05, 3.63) is 40.2 Å². The van der Waals surface area contributed by atoms with E-state index in [2.05, 4.69) is 15.3 Å². The molecule has 0 bridgehead atoms. The molecule has 0 atom stereocenters. The maximum absolute atomic E-state index is 12.5. The molecule has 0 unspecified atom stereocenters. The van der Waals surface area contributed by atoms with Crippen molar-refractivity contribution in [3.63, 3.8) is 0 Å². The number of morpholine rings is 1. The SMILES string of the molecule is Cc1nn(C)c(C)c1CCC(=O)Nc1cc(Cl)ccc1N1CCOCC1. The topological polar surface area (TPSA) is 59.4 Å². The highest BCUT2D eigenvalue weighted by Crippen LogP contribution is 2.30. The third-order valence-corrected chi connectivity index (χ3v) is 5.08. The zero-order chi connectivity index (χ0) is 18.7. The van der Waals surface area contributed by atoms with Crippen LogP contribution in [0.3, 0.4) is 0 Å². The molecule has 140 valence electrons. The summed E-state index contributed by atoms with van der Waals surface area (Å²) < 4.78 is 7.27. The van der Waals surface area contributed by atoms with Gasteiger partial charge in [0, 0.05) is 37.3 Å². The van der Waals surface area contributed by atoms with Gasteiger partial charge in [-0.2, -0.15) is 5.10 Å². The van der Waals surface area contributed by atoms with Crippen LogP contribution >= 0.6 is 11.6 Å². The molecule has 6 nitrogen and oxygen atoms in total. The number of nitrogens with zero attached hydrogens (tertiary/aromatic N) is 3. The predicted molar refractivity (Wildman–Crippen MR) is 104 cm³/mol. The molecule has 1 saturated heterocycles. The van der Waals surface area contributed by atoms with Gasteiger partial charge in [-0.25, -0.2) is 0 Å². The molecule has 1 aromatic carbocycles. The van der Waals surface area contributed by atoms with E-state index >= 15 is 0 Å². The van der Waals surface area contributed by atoms with E-state index < -0.39 is 0 Å². The van der Waals surface area contributed by atoms with Crippen LogP contribution in [0.15, 0.2) is 18.2 Å². The molecule has 0 spiro atoms. The summed E-state index contributed by atoms with van der Waals surface area (Å²) in [6.07, 6.45) is 1.08. The molecule has 0 radical (unpaired) electrons. The standard InChI is InChI=1S/C19H25ClN4O2/c1-13-16(14(2)23(3)22-13)5-7-19(25)21-17-12-15(20)4-6-18(17)24-8-10-26-11-9-24/h4,6,12H,5,7-11H2,1-3H3,(H,21,25). The van der Waals surface area contributed by atoms with Crippen LogP contribution in [0.4, 0.5) is 11.4 Å². The second kappa shape index (κ2) is 8.10. The Morgan fingerprint density at radius 1 is 1.31 bits per heavy atom. The number of anilines is 2. The number of amides is 1. The van der Waals surface area contributed by atoms with Crippen LogP contribution < -0.4 is 10.2 Å². The van der Waals surface area contributed by atoms with Crippen LogP contribution in [0.25, 0.3) is 0 Å². The minimum absolute atomic E-state index is 0.0237. The molecule has 7 heteroatoms. The fraction of sp³-hybridized carbons (Fsp3) is 0.474. The first-order valence-electron chi connectivity index (χ1n) is 8.87. The number of hydrogen-bond donors (Lipinski definition) is 1. The molecule has 1 aliphatic heterocycles. The van der Waals surface area contributed by atoms with E-state index in [0.717, 1.165) is 41.4 Å². The molecule has 2 aromatic rings. The van der Waals surface area contributed by atoms with Gasteiger partial charge in [-0.15, -0.1) is 0 Å². The molecular weight excluding hydrogens is 352 g/mol. The van der Waals surface area contributed by atoms with Gasteiger partial charge in [0.1, 0.15) is 0 Å². The molecule has 2 heterocycles. The first kappa shape index (κ1) is 18.7. The van der Waals surface area contributed by atoms with Crippen LogP contribution in [0.5, 0.6) is 0 Å². The van der Waals surface area contributed by atoms with Crippen molar-refractivity contribution in [1.82, 2.24) is 9.78 Å². The highest BCUT2D eigenvalue weighted by atomic mass is 35.5. The van der Waals surface area contributed by atoms with Crippen LogP contribution in [0, 0.1) is 13.8 Å². The van der Waals surface area contributed by atoms with E-state index in [1.54, 1.807) is 0 Å². The smallest absolute Gasteiger partial charge is 0.224 e. The van der Waals surface area contributed by atoms with Crippen molar-refractivity contribution in [2.24, 2.45) is 7.05 Å². The number of ether oxygens (including phenoxy) is 1. The lowest BCUT2D eigenvalue weighted by Crippen LogP contribution is -2.36. The van der Waals surface area contributed by atoms with Crippen LogP contribution in [0.1, 0.15) is 23.4 Å². The second-order valence-electron chi connectivity index (χ2n) is 6.58. The normalized spacial score (nSPS) is 14.5. The van der Waals surface area contributed by atoms with Crippen LogP contribution in [0.2, 0.25) is 5.02 Å². The lowest BCUT2D eigenvalue weighted by molar-refractivity contribution is -0.116. The molecule has 1 fully saturated rings. The van der Waals surface area contributed by atoms with Crippen molar-refractivity contribution in [2.45, 2.75) is 26.7 Å². The number of aromatic nitrogens is 2. The molecule has 1 N–H and O–H groups in total. The maximum Gasteiger partial charge on any atom is 0.224 e. The van der Waals surface area contributed by atoms with Gasteiger partial charge >= 0.3 is 0 Å². The lowest BCUT2D eigenvalue weighted by atomic mass is 10.1. The first-order chi connectivity index (χ1) is 12.5. The summed E-state index contributed by atoms with van der Waals surface area (Å²) in [6, 6.07) is 5.62. The molecule has 1 aliphatic rings. The van der Waals surface area contributed by atoms with E-state index in [-0.39, 0.29) is 5.91 Å². The van der Waals surface area contributed by atoms with Crippen molar-refractivity contribution < 1.29 is 9.53 Å². The zero-order valence-corrected chi connectivity index (χ0v) is 16.3. The van der Waals surface area contributed by atoms with Crippen molar-refractivity contribution >= 4 is 28.9 Å². The molecular formula is C19H25ClN4O2. The van der Waals surface area contributed by atoms with Gasteiger partial charge in [-0.3, -0.25) is 9.48 Å². The monoisotopic (exact) mass is 376 g/mol. The minimum atomic E-state index is -0.0237. The predicted octanol–water partition coefficient (Wildman–Crippen LogP) is 3.10. The average molecular weight is 377 g/mol. The van der Waals surface area contributed by atoms with Gasteiger partial charge in [0.2, 0.25) is 5.91 Å².